The van der Waals surface area contributed by atoms with Crippen LogP contribution in [-0.2, 0) is 9.53 Å². The Morgan fingerprint density at radius 2 is 1.88 bits per heavy atom. The van der Waals surface area contributed by atoms with Crippen molar-refractivity contribution in [3.63, 3.8) is 0 Å². The second-order valence-electron chi connectivity index (χ2n) is 3.07. The molecule has 0 bridgehead atoms. The lowest BCUT2D eigenvalue weighted by Crippen LogP contribution is -2.15. The van der Waals surface area contributed by atoms with Crippen LogP contribution in [0, 0.1) is 0 Å². The molecule has 4 nitrogen and oxygen atoms in total. The summed E-state index contributed by atoms with van der Waals surface area (Å²) in [6.07, 6.45) is 0. The Morgan fingerprint density at radius 1 is 1.25 bits per heavy atom. The molecule has 16 heavy (non-hydrogen) atoms. The molecule has 1 rings (SSSR count). The number of Topliss-reactive ketones (excluding diaryl/α,β-unsaturated/α-hetero) is 2. The molecule has 5 heteroatoms. The maximum Gasteiger partial charge on any atom is 0.379 e. The maximum absolute atomic E-state index is 11.4. The van der Waals surface area contributed by atoms with Gasteiger partial charge in [0, 0.05) is 11.1 Å². The van der Waals surface area contributed by atoms with Gasteiger partial charge in [-0.2, -0.15) is 0 Å². The predicted molar refractivity (Wildman–Crippen MR) is 57.8 cm³/mol. The molecule has 0 heterocycles. The molecule has 0 saturated heterocycles. The molecule has 1 aromatic rings. The third-order valence-corrected chi connectivity index (χ3v) is 2.29. The van der Waals surface area contributed by atoms with Crippen molar-refractivity contribution < 1.29 is 19.1 Å². The molecule has 0 fully saturated rings. The van der Waals surface area contributed by atoms with Crippen LogP contribution < -0.4 is 0 Å². The summed E-state index contributed by atoms with van der Waals surface area (Å²) in [6.45, 7) is 1.36. The normalized spacial score (nSPS) is 9.69. The van der Waals surface area contributed by atoms with Gasteiger partial charge in [-0.25, -0.2) is 4.79 Å². The summed E-state index contributed by atoms with van der Waals surface area (Å²) >= 11 is 5.79. The summed E-state index contributed by atoms with van der Waals surface area (Å²) in [6, 6.07) is 4.04. The first-order valence-corrected chi connectivity index (χ1v) is 4.78. The van der Waals surface area contributed by atoms with Crippen molar-refractivity contribution in [1.29, 1.82) is 0 Å². The maximum atomic E-state index is 11.4. The van der Waals surface area contributed by atoms with Gasteiger partial charge in [-0.15, -0.1) is 0 Å². The zero-order valence-electron chi connectivity index (χ0n) is 8.74. The SMILES string of the molecule is COC(=O)C(=O)c1ccc(C(C)=O)c(Cl)c1. The van der Waals surface area contributed by atoms with E-state index in [2.05, 4.69) is 4.74 Å². The Labute approximate surface area is 97.2 Å². The number of hydrogen-bond acceptors (Lipinski definition) is 4. The largest absolute Gasteiger partial charge is 0.463 e. The van der Waals surface area contributed by atoms with Crippen LogP contribution in [0.5, 0.6) is 0 Å². The quantitative estimate of drug-likeness (QED) is 0.460. The van der Waals surface area contributed by atoms with Crippen LogP contribution in [0.4, 0.5) is 0 Å². The molecule has 0 saturated carbocycles. The second kappa shape index (κ2) is 4.90. The summed E-state index contributed by atoms with van der Waals surface area (Å²) in [5, 5.41) is 0.141. The third kappa shape index (κ3) is 2.46. The molecular weight excluding hydrogens is 232 g/mol. The first kappa shape index (κ1) is 12.4. The highest BCUT2D eigenvalue weighted by molar-refractivity contribution is 6.41. The summed E-state index contributed by atoms with van der Waals surface area (Å²) < 4.78 is 4.29. The minimum absolute atomic E-state index is 0.0989. The highest BCUT2D eigenvalue weighted by Crippen LogP contribution is 2.18. The zero-order valence-corrected chi connectivity index (χ0v) is 9.50. The molecule has 0 aliphatic heterocycles. The van der Waals surface area contributed by atoms with Gasteiger partial charge in [0.15, 0.2) is 5.78 Å². The van der Waals surface area contributed by atoms with Crippen LogP contribution >= 0.6 is 11.6 Å². The Bertz CT molecular complexity index is 465. The molecule has 0 aliphatic rings. The van der Waals surface area contributed by atoms with Crippen LogP contribution in [0.3, 0.4) is 0 Å². The van der Waals surface area contributed by atoms with Gasteiger partial charge in [0.05, 0.1) is 12.1 Å². The van der Waals surface area contributed by atoms with Crippen molar-refractivity contribution in [3.05, 3.63) is 34.3 Å². The molecule has 0 unspecified atom stereocenters. The number of benzene rings is 1. The molecule has 0 N–H and O–H groups in total. The summed E-state index contributed by atoms with van der Waals surface area (Å²) in [5.74, 6) is -1.96. The van der Waals surface area contributed by atoms with Gasteiger partial charge < -0.3 is 4.74 Å². The van der Waals surface area contributed by atoms with E-state index in [9.17, 15) is 14.4 Å². The van der Waals surface area contributed by atoms with E-state index in [1.807, 2.05) is 0 Å². The molecule has 0 aliphatic carbocycles. The van der Waals surface area contributed by atoms with Gasteiger partial charge in [-0.1, -0.05) is 11.6 Å². The highest BCUT2D eigenvalue weighted by Gasteiger charge is 2.18. The minimum Gasteiger partial charge on any atom is -0.463 e. The standard InChI is InChI=1S/C11H9ClO4/c1-6(13)8-4-3-7(5-9(8)12)10(14)11(15)16-2/h3-5H,1-2H3. The van der Waals surface area contributed by atoms with E-state index in [1.54, 1.807) is 0 Å². The molecule has 0 atom stereocenters. The van der Waals surface area contributed by atoms with Crippen LogP contribution in [0.25, 0.3) is 0 Å². The van der Waals surface area contributed by atoms with E-state index >= 15 is 0 Å². The fourth-order valence-electron chi connectivity index (χ4n) is 1.15. The van der Waals surface area contributed by atoms with Crippen molar-refractivity contribution in [3.8, 4) is 0 Å². The summed E-state index contributed by atoms with van der Waals surface area (Å²) in [7, 11) is 1.12. The molecule has 84 valence electrons. The van der Waals surface area contributed by atoms with Crippen molar-refractivity contribution in [2.24, 2.45) is 0 Å². The number of ether oxygens (including phenoxy) is 1. The topological polar surface area (TPSA) is 60.4 Å². The summed E-state index contributed by atoms with van der Waals surface area (Å²) in [4.78, 5) is 33.4. The van der Waals surface area contributed by atoms with Gasteiger partial charge in [0.2, 0.25) is 0 Å². The number of carbonyl (C=O) groups excluding carboxylic acids is 3. The number of carbonyl (C=O) groups is 3. The lowest BCUT2D eigenvalue weighted by molar-refractivity contribution is -0.135. The van der Waals surface area contributed by atoms with E-state index in [0.29, 0.717) is 5.56 Å². The van der Waals surface area contributed by atoms with Crippen LogP contribution in [0.2, 0.25) is 5.02 Å². The second-order valence-corrected chi connectivity index (χ2v) is 3.48. The lowest BCUT2D eigenvalue weighted by atomic mass is 10.1. The van der Waals surface area contributed by atoms with Gasteiger partial charge >= 0.3 is 5.97 Å². The van der Waals surface area contributed by atoms with E-state index < -0.39 is 11.8 Å². The first-order chi connectivity index (χ1) is 7.47. The number of halogens is 1. The van der Waals surface area contributed by atoms with Crippen molar-refractivity contribution >= 4 is 29.1 Å². The molecule has 0 amide bonds. The van der Waals surface area contributed by atoms with Gasteiger partial charge in [-0.3, -0.25) is 9.59 Å². The molecule has 1 aromatic carbocycles. The Morgan fingerprint density at radius 3 is 2.31 bits per heavy atom. The fraction of sp³-hybridized carbons (Fsp3) is 0.182. The first-order valence-electron chi connectivity index (χ1n) is 4.40. The van der Waals surface area contributed by atoms with Crippen LogP contribution in [0.15, 0.2) is 18.2 Å². The predicted octanol–water partition coefficient (Wildman–Crippen LogP) is 1.90. The van der Waals surface area contributed by atoms with Crippen LogP contribution in [0.1, 0.15) is 27.6 Å². The number of esters is 1. The van der Waals surface area contributed by atoms with Gasteiger partial charge in [0.1, 0.15) is 0 Å². The zero-order chi connectivity index (χ0) is 12.3. The van der Waals surface area contributed by atoms with E-state index in [0.717, 1.165) is 7.11 Å². The van der Waals surface area contributed by atoms with Crippen molar-refractivity contribution in [2.75, 3.05) is 7.11 Å². The number of hydrogen-bond donors (Lipinski definition) is 0. The van der Waals surface area contributed by atoms with Gasteiger partial charge in [-0.05, 0) is 25.1 Å². The fourth-order valence-corrected chi connectivity index (χ4v) is 1.47. The van der Waals surface area contributed by atoms with Crippen LogP contribution in [-0.4, -0.2) is 24.6 Å². The van der Waals surface area contributed by atoms with E-state index in [-0.39, 0.29) is 16.4 Å². The summed E-state index contributed by atoms with van der Waals surface area (Å²) in [5.41, 5.74) is 0.407. The Balaban J connectivity index is 3.11. The average molecular weight is 241 g/mol. The van der Waals surface area contributed by atoms with E-state index in [1.165, 1.54) is 25.1 Å². The Hall–Kier alpha value is -1.68. The lowest BCUT2D eigenvalue weighted by Gasteiger charge is -2.02. The molecule has 0 aromatic heterocycles. The van der Waals surface area contributed by atoms with Gasteiger partial charge in [0.25, 0.3) is 5.78 Å². The number of ketones is 2. The number of methoxy groups -OCH3 is 1. The average Bonchev–Trinajstić information content (AvgIpc) is 2.26. The number of rotatable bonds is 3. The minimum atomic E-state index is -0.966. The van der Waals surface area contributed by atoms with Crippen molar-refractivity contribution in [1.82, 2.24) is 0 Å². The molecule has 0 spiro atoms. The van der Waals surface area contributed by atoms with E-state index in [4.69, 9.17) is 11.6 Å². The van der Waals surface area contributed by atoms with Crippen molar-refractivity contribution in [2.45, 2.75) is 6.92 Å². The molecular formula is C11H9ClO4. The smallest absolute Gasteiger partial charge is 0.379 e. The monoisotopic (exact) mass is 240 g/mol. The third-order valence-electron chi connectivity index (χ3n) is 1.98. The Kier molecular flexibility index (Phi) is 3.79. The highest BCUT2D eigenvalue weighted by atomic mass is 35.5. The molecule has 0 radical (unpaired) electrons.